The first-order valence-electron chi connectivity index (χ1n) is 8.78. The largest absolute Gasteiger partial charge is 0.338 e. The van der Waals surface area contributed by atoms with Gasteiger partial charge in [-0.05, 0) is 19.4 Å². The van der Waals surface area contributed by atoms with Crippen LogP contribution < -0.4 is 5.73 Å². The molecule has 0 aliphatic carbocycles. The van der Waals surface area contributed by atoms with Crippen molar-refractivity contribution < 1.29 is 4.79 Å². The molecule has 25 heavy (non-hydrogen) atoms. The first-order valence-corrected chi connectivity index (χ1v) is 8.78. The minimum atomic E-state index is -0.574. The number of rotatable bonds is 4. The van der Waals surface area contributed by atoms with E-state index in [4.69, 9.17) is 5.73 Å². The summed E-state index contributed by atoms with van der Waals surface area (Å²) < 4.78 is 1.93. The number of amides is 1. The quantitative estimate of drug-likeness (QED) is 0.912. The second-order valence-electron chi connectivity index (χ2n) is 6.76. The van der Waals surface area contributed by atoms with Gasteiger partial charge in [0, 0.05) is 51.0 Å². The smallest absolute Gasteiger partial charge is 0.244 e. The van der Waals surface area contributed by atoms with Gasteiger partial charge in [-0.25, -0.2) is 0 Å². The molecule has 2 aromatic rings. The van der Waals surface area contributed by atoms with E-state index in [1.165, 1.54) is 11.3 Å². The highest BCUT2D eigenvalue weighted by atomic mass is 16.2. The second kappa shape index (κ2) is 7.37. The number of piperazine rings is 1. The van der Waals surface area contributed by atoms with E-state index >= 15 is 0 Å². The molecule has 6 heteroatoms. The highest BCUT2D eigenvalue weighted by Gasteiger charge is 2.26. The van der Waals surface area contributed by atoms with E-state index in [-0.39, 0.29) is 5.91 Å². The molecule has 0 bridgehead atoms. The summed E-state index contributed by atoms with van der Waals surface area (Å²) in [6.07, 6.45) is 0. The fourth-order valence-electron chi connectivity index (χ4n) is 3.40. The third kappa shape index (κ3) is 3.75. The fourth-order valence-corrected chi connectivity index (χ4v) is 3.40. The molecule has 1 saturated heterocycles. The molecule has 1 aliphatic heterocycles. The Morgan fingerprint density at radius 1 is 1.16 bits per heavy atom. The number of aryl methyl sites for hydroxylation is 2. The molecule has 1 aromatic heterocycles. The summed E-state index contributed by atoms with van der Waals surface area (Å²) in [7, 11) is 1.98. The van der Waals surface area contributed by atoms with E-state index in [1.807, 2.05) is 47.0 Å². The lowest BCUT2D eigenvalue weighted by molar-refractivity contribution is -0.134. The Kier molecular flexibility index (Phi) is 5.20. The Balaban J connectivity index is 1.57. The SMILES string of the molecule is Cc1nn(C)c(C)c1CN1CCN(C(=O)C(N)c2ccccc2)CC1. The number of aromatic nitrogens is 2. The van der Waals surface area contributed by atoms with Crippen molar-refractivity contribution in [2.24, 2.45) is 12.8 Å². The molecule has 2 heterocycles. The van der Waals surface area contributed by atoms with Crippen LogP contribution in [0.3, 0.4) is 0 Å². The van der Waals surface area contributed by atoms with Gasteiger partial charge in [0.2, 0.25) is 5.91 Å². The highest BCUT2D eigenvalue weighted by Crippen LogP contribution is 2.18. The lowest BCUT2D eigenvalue weighted by Gasteiger charge is -2.36. The maximum atomic E-state index is 12.6. The number of hydrogen-bond acceptors (Lipinski definition) is 4. The second-order valence-corrected chi connectivity index (χ2v) is 6.76. The summed E-state index contributed by atoms with van der Waals surface area (Å²) in [5.41, 5.74) is 10.6. The number of hydrogen-bond donors (Lipinski definition) is 1. The summed E-state index contributed by atoms with van der Waals surface area (Å²) in [5.74, 6) is 0.0135. The highest BCUT2D eigenvalue weighted by molar-refractivity contribution is 5.83. The first kappa shape index (κ1) is 17.6. The zero-order valence-corrected chi connectivity index (χ0v) is 15.3. The molecular formula is C19H27N5O. The van der Waals surface area contributed by atoms with Crippen LogP contribution >= 0.6 is 0 Å². The summed E-state index contributed by atoms with van der Waals surface area (Å²) in [6.45, 7) is 8.21. The normalized spacial score (nSPS) is 16.9. The molecule has 0 radical (unpaired) electrons. The molecule has 0 saturated carbocycles. The van der Waals surface area contributed by atoms with Gasteiger partial charge < -0.3 is 10.6 Å². The zero-order chi connectivity index (χ0) is 18.0. The van der Waals surface area contributed by atoms with Crippen LogP contribution in [0.1, 0.15) is 28.6 Å². The summed E-state index contributed by atoms with van der Waals surface area (Å²) in [4.78, 5) is 16.9. The molecule has 6 nitrogen and oxygen atoms in total. The average molecular weight is 341 g/mol. The average Bonchev–Trinajstić information content (AvgIpc) is 2.88. The molecule has 0 spiro atoms. The van der Waals surface area contributed by atoms with Gasteiger partial charge >= 0.3 is 0 Å². The van der Waals surface area contributed by atoms with Gasteiger partial charge in [-0.2, -0.15) is 5.10 Å². The van der Waals surface area contributed by atoms with E-state index in [0.717, 1.165) is 44.0 Å². The van der Waals surface area contributed by atoms with Gasteiger partial charge in [0.25, 0.3) is 0 Å². The first-order chi connectivity index (χ1) is 12.0. The van der Waals surface area contributed by atoms with Gasteiger partial charge in [0.15, 0.2) is 0 Å². The molecule has 1 amide bonds. The van der Waals surface area contributed by atoms with Crippen LogP contribution in [-0.2, 0) is 18.4 Å². The molecule has 1 unspecified atom stereocenters. The van der Waals surface area contributed by atoms with Gasteiger partial charge in [-0.3, -0.25) is 14.4 Å². The van der Waals surface area contributed by atoms with Crippen molar-refractivity contribution in [2.45, 2.75) is 26.4 Å². The number of carbonyl (C=O) groups is 1. The van der Waals surface area contributed by atoms with Crippen LogP contribution in [0.15, 0.2) is 30.3 Å². The van der Waals surface area contributed by atoms with Crippen LogP contribution in [0, 0.1) is 13.8 Å². The minimum Gasteiger partial charge on any atom is -0.338 e. The molecule has 1 atom stereocenters. The number of benzene rings is 1. The molecule has 134 valence electrons. The van der Waals surface area contributed by atoms with Crippen molar-refractivity contribution in [3.8, 4) is 0 Å². The molecule has 2 N–H and O–H groups in total. The van der Waals surface area contributed by atoms with Crippen molar-refractivity contribution in [1.29, 1.82) is 0 Å². The number of nitrogens with zero attached hydrogens (tertiary/aromatic N) is 4. The Hall–Kier alpha value is -2.18. The van der Waals surface area contributed by atoms with Gasteiger partial charge in [-0.15, -0.1) is 0 Å². The molecular weight excluding hydrogens is 314 g/mol. The van der Waals surface area contributed by atoms with Crippen LogP contribution in [0.25, 0.3) is 0 Å². The van der Waals surface area contributed by atoms with Crippen molar-refractivity contribution in [2.75, 3.05) is 26.2 Å². The lowest BCUT2D eigenvalue weighted by Crippen LogP contribution is -2.50. The van der Waals surface area contributed by atoms with E-state index in [1.54, 1.807) is 0 Å². The standard InChI is InChI=1S/C19H27N5O/c1-14-17(15(2)22(3)21-14)13-23-9-11-24(12-10-23)19(25)18(20)16-7-5-4-6-8-16/h4-8,18H,9-13,20H2,1-3H3. The third-order valence-corrected chi connectivity index (χ3v) is 5.15. The van der Waals surface area contributed by atoms with Crippen LogP contribution in [-0.4, -0.2) is 51.7 Å². The van der Waals surface area contributed by atoms with E-state index < -0.39 is 6.04 Å². The maximum absolute atomic E-state index is 12.6. The van der Waals surface area contributed by atoms with Crippen molar-refractivity contribution in [3.05, 3.63) is 52.8 Å². The van der Waals surface area contributed by atoms with Crippen LogP contribution in [0.2, 0.25) is 0 Å². The van der Waals surface area contributed by atoms with Crippen LogP contribution in [0.5, 0.6) is 0 Å². The van der Waals surface area contributed by atoms with E-state index in [9.17, 15) is 4.79 Å². The molecule has 1 aromatic carbocycles. The molecule has 1 aliphatic rings. The van der Waals surface area contributed by atoms with Crippen molar-refractivity contribution >= 4 is 5.91 Å². The Labute approximate surface area is 149 Å². The van der Waals surface area contributed by atoms with E-state index in [2.05, 4.69) is 23.8 Å². The van der Waals surface area contributed by atoms with Crippen molar-refractivity contribution in [3.63, 3.8) is 0 Å². The monoisotopic (exact) mass is 341 g/mol. The number of nitrogens with two attached hydrogens (primary N) is 1. The zero-order valence-electron chi connectivity index (χ0n) is 15.3. The Morgan fingerprint density at radius 2 is 1.80 bits per heavy atom. The summed E-state index contributed by atoms with van der Waals surface area (Å²) >= 11 is 0. The fraction of sp³-hybridized carbons (Fsp3) is 0.474. The third-order valence-electron chi connectivity index (χ3n) is 5.15. The van der Waals surface area contributed by atoms with Crippen LogP contribution in [0.4, 0.5) is 0 Å². The maximum Gasteiger partial charge on any atom is 0.244 e. The van der Waals surface area contributed by atoms with Gasteiger partial charge in [0.1, 0.15) is 6.04 Å². The minimum absolute atomic E-state index is 0.0135. The molecule has 3 rings (SSSR count). The summed E-state index contributed by atoms with van der Waals surface area (Å²) in [6, 6.07) is 9.01. The lowest BCUT2D eigenvalue weighted by atomic mass is 10.1. The Bertz CT molecular complexity index is 732. The number of carbonyl (C=O) groups excluding carboxylic acids is 1. The predicted octanol–water partition coefficient (Wildman–Crippen LogP) is 1.38. The van der Waals surface area contributed by atoms with Gasteiger partial charge in [-0.1, -0.05) is 30.3 Å². The Morgan fingerprint density at radius 3 is 2.36 bits per heavy atom. The topological polar surface area (TPSA) is 67.4 Å². The van der Waals surface area contributed by atoms with Gasteiger partial charge in [0.05, 0.1) is 5.69 Å². The predicted molar refractivity (Wildman–Crippen MR) is 97.9 cm³/mol. The van der Waals surface area contributed by atoms with Crippen molar-refractivity contribution in [1.82, 2.24) is 19.6 Å². The summed E-state index contributed by atoms with van der Waals surface area (Å²) in [5, 5.41) is 4.48. The van der Waals surface area contributed by atoms with E-state index in [0.29, 0.717) is 0 Å². The molecule has 1 fully saturated rings.